The zero-order chi connectivity index (χ0) is 22.3. The van der Waals surface area contributed by atoms with E-state index < -0.39 is 10.0 Å². The highest BCUT2D eigenvalue weighted by molar-refractivity contribution is 7.89. The Morgan fingerprint density at radius 3 is 2.23 bits per heavy atom. The lowest BCUT2D eigenvalue weighted by Crippen LogP contribution is -2.48. The molecule has 31 heavy (non-hydrogen) atoms. The SMILES string of the molecule is CCC(=O)Nc1ccc(S(=O)(=O)NCCN2CCN(c3ccc(OC)cc3)CC2)cc1. The second kappa shape index (κ2) is 10.6. The Labute approximate surface area is 184 Å². The summed E-state index contributed by atoms with van der Waals surface area (Å²) in [6.07, 6.45) is 0.371. The number of carbonyl (C=O) groups excluding carboxylic acids is 1. The van der Waals surface area contributed by atoms with Crippen molar-refractivity contribution < 1.29 is 17.9 Å². The van der Waals surface area contributed by atoms with Crippen LogP contribution in [0.4, 0.5) is 11.4 Å². The Morgan fingerprint density at radius 2 is 1.65 bits per heavy atom. The minimum Gasteiger partial charge on any atom is -0.497 e. The Balaban J connectivity index is 1.44. The van der Waals surface area contributed by atoms with Crippen molar-refractivity contribution >= 4 is 27.3 Å². The number of benzene rings is 2. The van der Waals surface area contributed by atoms with E-state index in [9.17, 15) is 13.2 Å². The molecule has 2 aromatic carbocycles. The highest BCUT2D eigenvalue weighted by Crippen LogP contribution is 2.20. The largest absolute Gasteiger partial charge is 0.497 e. The van der Waals surface area contributed by atoms with Crippen molar-refractivity contribution in [3.63, 3.8) is 0 Å². The number of methoxy groups -OCH3 is 1. The molecule has 0 radical (unpaired) electrons. The summed E-state index contributed by atoms with van der Waals surface area (Å²) in [5.41, 5.74) is 1.75. The molecule has 0 unspecified atom stereocenters. The van der Waals surface area contributed by atoms with Crippen LogP contribution in [-0.4, -0.2) is 65.6 Å². The lowest BCUT2D eigenvalue weighted by molar-refractivity contribution is -0.115. The van der Waals surface area contributed by atoms with Crippen LogP contribution in [0.25, 0.3) is 0 Å². The van der Waals surface area contributed by atoms with Crippen molar-refractivity contribution in [2.75, 3.05) is 56.6 Å². The van der Waals surface area contributed by atoms with E-state index in [0.29, 0.717) is 25.2 Å². The molecule has 1 saturated heterocycles. The standard InChI is InChI=1S/C22H30N4O4S/c1-3-22(27)24-18-4-10-21(11-5-18)31(28,29)23-12-13-25-14-16-26(17-15-25)19-6-8-20(30-2)9-7-19/h4-11,23H,3,12-17H2,1-2H3,(H,24,27). The molecule has 0 bridgehead atoms. The normalized spacial score (nSPS) is 15.0. The van der Waals surface area contributed by atoms with E-state index in [1.165, 1.54) is 17.8 Å². The molecule has 1 aliphatic rings. The second-order valence-electron chi connectivity index (χ2n) is 7.35. The second-order valence-corrected chi connectivity index (χ2v) is 9.12. The molecule has 2 aromatic rings. The monoisotopic (exact) mass is 446 g/mol. The van der Waals surface area contributed by atoms with E-state index in [1.54, 1.807) is 26.2 Å². The summed E-state index contributed by atoms with van der Waals surface area (Å²) < 4.78 is 32.9. The van der Waals surface area contributed by atoms with Crippen molar-refractivity contribution in [2.45, 2.75) is 18.2 Å². The van der Waals surface area contributed by atoms with Crippen LogP contribution in [0, 0.1) is 0 Å². The molecule has 8 nitrogen and oxygen atoms in total. The molecule has 9 heteroatoms. The lowest BCUT2D eigenvalue weighted by Gasteiger charge is -2.36. The maximum atomic E-state index is 12.5. The third-order valence-electron chi connectivity index (χ3n) is 5.30. The van der Waals surface area contributed by atoms with Gasteiger partial charge in [-0.05, 0) is 48.5 Å². The van der Waals surface area contributed by atoms with Crippen molar-refractivity contribution in [3.05, 3.63) is 48.5 Å². The molecule has 1 amide bonds. The average Bonchev–Trinajstić information content (AvgIpc) is 2.80. The van der Waals surface area contributed by atoms with Crippen molar-refractivity contribution in [1.29, 1.82) is 0 Å². The summed E-state index contributed by atoms with van der Waals surface area (Å²) in [7, 11) is -1.93. The topological polar surface area (TPSA) is 91.0 Å². The molecule has 0 atom stereocenters. The molecule has 1 heterocycles. The van der Waals surface area contributed by atoms with Crippen LogP contribution < -0.4 is 19.7 Å². The first-order valence-corrected chi connectivity index (χ1v) is 11.9. The van der Waals surface area contributed by atoms with Crippen LogP contribution in [-0.2, 0) is 14.8 Å². The molecule has 0 aromatic heterocycles. The van der Waals surface area contributed by atoms with Gasteiger partial charge in [-0.3, -0.25) is 9.69 Å². The number of carbonyl (C=O) groups is 1. The molecule has 0 spiro atoms. The number of amides is 1. The summed E-state index contributed by atoms with van der Waals surface area (Å²) in [6.45, 7) is 6.30. The number of nitrogens with one attached hydrogen (secondary N) is 2. The van der Waals surface area contributed by atoms with Gasteiger partial charge in [-0.2, -0.15) is 0 Å². The van der Waals surface area contributed by atoms with Gasteiger partial charge >= 0.3 is 0 Å². The van der Waals surface area contributed by atoms with Gasteiger partial charge in [0.1, 0.15) is 5.75 Å². The van der Waals surface area contributed by atoms with E-state index in [0.717, 1.165) is 31.9 Å². The van der Waals surface area contributed by atoms with Gasteiger partial charge < -0.3 is 15.0 Å². The van der Waals surface area contributed by atoms with Crippen LogP contribution in [0.3, 0.4) is 0 Å². The summed E-state index contributed by atoms with van der Waals surface area (Å²) >= 11 is 0. The Morgan fingerprint density at radius 1 is 1.00 bits per heavy atom. The summed E-state index contributed by atoms with van der Waals surface area (Å²) in [6, 6.07) is 14.2. The molecular formula is C22H30N4O4S. The minimum atomic E-state index is -3.58. The van der Waals surface area contributed by atoms with E-state index in [-0.39, 0.29) is 10.8 Å². The van der Waals surface area contributed by atoms with Crippen molar-refractivity contribution in [3.8, 4) is 5.75 Å². The predicted molar refractivity (Wildman–Crippen MR) is 122 cm³/mol. The summed E-state index contributed by atoms with van der Waals surface area (Å²) in [5.74, 6) is 0.732. The van der Waals surface area contributed by atoms with Crippen molar-refractivity contribution in [2.24, 2.45) is 0 Å². The summed E-state index contributed by atoms with van der Waals surface area (Å²) in [4.78, 5) is 16.2. The predicted octanol–water partition coefficient (Wildman–Crippen LogP) is 2.14. The molecule has 0 aliphatic carbocycles. The fourth-order valence-corrected chi connectivity index (χ4v) is 4.43. The van der Waals surface area contributed by atoms with Crippen LogP contribution in [0.5, 0.6) is 5.75 Å². The number of hydrogen-bond donors (Lipinski definition) is 2. The van der Waals surface area contributed by atoms with Gasteiger partial charge in [0, 0.05) is 57.1 Å². The minimum absolute atomic E-state index is 0.110. The zero-order valence-corrected chi connectivity index (χ0v) is 18.8. The quantitative estimate of drug-likeness (QED) is 0.613. The van der Waals surface area contributed by atoms with Gasteiger partial charge in [0.15, 0.2) is 0 Å². The van der Waals surface area contributed by atoms with Gasteiger partial charge in [0.25, 0.3) is 0 Å². The third kappa shape index (κ3) is 6.43. The lowest BCUT2D eigenvalue weighted by atomic mass is 10.2. The molecule has 3 rings (SSSR count). The number of sulfonamides is 1. The van der Waals surface area contributed by atoms with Gasteiger partial charge in [0.2, 0.25) is 15.9 Å². The smallest absolute Gasteiger partial charge is 0.240 e. The van der Waals surface area contributed by atoms with E-state index in [2.05, 4.69) is 32.0 Å². The molecule has 168 valence electrons. The summed E-state index contributed by atoms with van der Waals surface area (Å²) in [5, 5.41) is 2.71. The number of hydrogen-bond acceptors (Lipinski definition) is 6. The molecule has 2 N–H and O–H groups in total. The third-order valence-corrected chi connectivity index (χ3v) is 6.78. The first-order valence-electron chi connectivity index (χ1n) is 10.4. The molecule has 1 fully saturated rings. The molecular weight excluding hydrogens is 416 g/mol. The van der Waals surface area contributed by atoms with Crippen LogP contribution in [0.1, 0.15) is 13.3 Å². The van der Waals surface area contributed by atoms with Crippen molar-refractivity contribution in [1.82, 2.24) is 9.62 Å². The Bertz CT molecular complexity index is 954. The maximum absolute atomic E-state index is 12.5. The Hall–Kier alpha value is -2.62. The molecule has 1 aliphatic heterocycles. The number of piperazine rings is 1. The maximum Gasteiger partial charge on any atom is 0.240 e. The number of anilines is 2. The first kappa shape index (κ1) is 23.1. The van der Waals surface area contributed by atoms with Crippen LogP contribution in [0.2, 0.25) is 0 Å². The fraction of sp³-hybridized carbons (Fsp3) is 0.409. The highest BCUT2D eigenvalue weighted by Gasteiger charge is 2.19. The number of nitrogens with zero attached hydrogens (tertiary/aromatic N) is 2. The molecule has 0 saturated carbocycles. The first-order chi connectivity index (χ1) is 14.9. The fourth-order valence-electron chi connectivity index (χ4n) is 3.41. The van der Waals surface area contributed by atoms with E-state index >= 15 is 0 Å². The zero-order valence-electron chi connectivity index (χ0n) is 18.0. The van der Waals surface area contributed by atoms with Gasteiger partial charge in [-0.1, -0.05) is 6.92 Å². The average molecular weight is 447 g/mol. The van der Waals surface area contributed by atoms with Crippen LogP contribution in [0.15, 0.2) is 53.4 Å². The number of ether oxygens (including phenoxy) is 1. The van der Waals surface area contributed by atoms with Gasteiger partial charge in [-0.15, -0.1) is 0 Å². The van der Waals surface area contributed by atoms with Gasteiger partial charge in [-0.25, -0.2) is 13.1 Å². The van der Waals surface area contributed by atoms with Gasteiger partial charge in [0.05, 0.1) is 12.0 Å². The van der Waals surface area contributed by atoms with E-state index in [1.807, 2.05) is 12.1 Å². The van der Waals surface area contributed by atoms with Crippen LogP contribution >= 0.6 is 0 Å². The Kier molecular flexibility index (Phi) is 7.89. The van der Waals surface area contributed by atoms with E-state index in [4.69, 9.17) is 4.74 Å². The number of rotatable bonds is 9. The highest BCUT2D eigenvalue weighted by atomic mass is 32.2.